The van der Waals surface area contributed by atoms with Crippen LogP contribution in [0.15, 0.2) is 77.6 Å². The average Bonchev–Trinajstić information content (AvgIpc) is 3.08. The Kier molecular flexibility index (Phi) is 5.22. The minimum Gasteiger partial charge on any atom is -0.508 e. The Balaban J connectivity index is 1.46. The fraction of sp³-hybridized carbons (Fsp3) is 0.154. The van der Waals surface area contributed by atoms with Gasteiger partial charge < -0.3 is 5.11 Å². The van der Waals surface area contributed by atoms with Crippen LogP contribution in [0.1, 0.15) is 32.1 Å². The van der Waals surface area contributed by atoms with E-state index in [0.717, 1.165) is 5.56 Å². The Bertz CT molecular complexity index is 1420. The zero-order chi connectivity index (χ0) is 22.9. The quantitative estimate of drug-likeness (QED) is 0.466. The fourth-order valence-electron chi connectivity index (χ4n) is 4.24. The number of fused-ring (bicyclic) bond motifs is 2. The van der Waals surface area contributed by atoms with Gasteiger partial charge in [0.1, 0.15) is 11.6 Å². The summed E-state index contributed by atoms with van der Waals surface area (Å²) in [5, 5.41) is 10.6. The molecule has 5 rings (SSSR count). The molecule has 7 nitrogen and oxygen atoms in total. The molecular weight excluding hydrogens is 418 g/mol. The van der Waals surface area contributed by atoms with Crippen molar-refractivity contribution in [3.05, 3.63) is 106 Å². The SMILES string of the molecule is O=C1c2ccccc2C(=O)N1CCc1nc2ccccc2c(=O)n1CCc1ccccc1O. The molecule has 0 radical (unpaired) electrons. The van der Waals surface area contributed by atoms with Gasteiger partial charge in [-0.3, -0.25) is 23.9 Å². The number of imide groups is 1. The van der Waals surface area contributed by atoms with Gasteiger partial charge in [0.25, 0.3) is 17.4 Å². The number of para-hydroxylation sites is 2. The Hall–Kier alpha value is -4.26. The maximum absolute atomic E-state index is 13.3. The molecule has 1 N–H and O–H groups in total. The summed E-state index contributed by atoms with van der Waals surface area (Å²) in [5.74, 6) is -0.00321. The molecule has 33 heavy (non-hydrogen) atoms. The molecule has 0 fully saturated rings. The van der Waals surface area contributed by atoms with Crippen LogP contribution in [0.2, 0.25) is 0 Å². The van der Waals surface area contributed by atoms with Crippen molar-refractivity contribution in [1.82, 2.24) is 14.5 Å². The van der Waals surface area contributed by atoms with Gasteiger partial charge in [-0.15, -0.1) is 0 Å². The number of phenols is 1. The lowest BCUT2D eigenvalue weighted by Crippen LogP contribution is -2.34. The summed E-state index contributed by atoms with van der Waals surface area (Å²) in [6.45, 7) is 0.430. The lowest BCUT2D eigenvalue weighted by atomic mass is 10.1. The summed E-state index contributed by atoms with van der Waals surface area (Å²) < 4.78 is 1.58. The van der Waals surface area contributed by atoms with Crippen molar-refractivity contribution < 1.29 is 14.7 Å². The predicted molar refractivity (Wildman–Crippen MR) is 123 cm³/mol. The molecule has 0 spiro atoms. The highest BCUT2D eigenvalue weighted by Gasteiger charge is 2.34. The van der Waals surface area contributed by atoms with Crippen molar-refractivity contribution in [3.63, 3.8) is 0 Å². The number of rotatable bonds is 6. The first-order chi connectivity index (χ1) is 16.0. The number of aromatic nitrogens is 2. The first-order valence-corrected chi connectivity index (χ1v) is 10.7. The summed E-state index contributed by atoms with van der Waals surface area (Å²) in [4.78, 5) is 44.6. The van der Waals surface area contributed by atoms with Crippen molar-refractivity contribution in [2.24, 2.45) is 0 Å². The number of carbonyl (C=O) groups excluding carboxylic acids is 2. The Morgan fingerprint density at radius 1 is 0.727 bits per heavy atom. The fourth-order valence-corrected chi connectivity index (χ4v) is 4.24. The van der Waals surface area contributed by atoms with E-state index in [9.17, 15) is 19.5 Å². The van der Waals surface area contributed by atoms with Crippen LogP contribution in [0.25, 0.3) is 10.9 Å². The van der Waals surface area contributed by atoms with Crippen molar-refractivity contribution >= 4 is 22.7 Å². The highest BCUT2D eigenvalue weighted by atomic mass is 16.3. The number of hydrogen-bond acceptors (Lipinski definition) is 5. The molecule has 0 unspecified atom stereocenters. The molecular formula is C26H21N3O4. The van der Waals surface area contributed by atoms with E-state index in [1.807, 2.05) is 18.2 Å². The molecule has 0 saturated heterocycles. The van der Waals surface area contributed by atoms with Crippen LogP contribution in [0.5, 0.6) is 5.75 Å². The van der Waals surface area contributed by atoms with Crippen molar-refractivity contribution in [3.8, 4) is 5.75 Å². The Morgan fingerprint density at radius 2 is 1.36 bits per heavy atom. The number of nitrogens with zero attached hydrogens (tertiary/aromatic N) is 3. The van der Waals surface area contributed by atoms with Gasteiger partial charge in [0, 0.05) is 19.5 Å². The Morgan fingerprint density at radius 3 is 2.09 bits per heavy atom. The first-order valence-electron chi connectivity index (χ1n) is 10.7. The van der Waals surface area contributed by atoms with Crippen molar-refractivity contribution in [2.75, 3.05) is 6.54 Å². The number of benzene rings is 3. The highest BCUT2D eigenvalue weighted by Crippen LogP contribution is 2.23. The zero-order valence-electron chi connectivity index (χ0n) is 17.8. The van der Waals surface area contributed by atoms with Crippen molar-refractivity contribution in [2.45, 2.75) is 19.4 Å². The minimum atomic E-state index is -0.334. The molecule has 4 aromatic rings. The zero-order valence-corrected chi connectivity index (χ0v) is 17.8. The van der Waals surface area contributed by atoms with Crippen LogP contribution in [0.4, 0.5) is 0 Å². The molecule has 0 saturated carbocycles. The second-order valence-electron chi connectivity index (χ2n) is 7.94. The van der Waals surface area contributed by atoms with E-state index in [2.05, 4.69) is 4.98 Å². The van der Waals surface area contributed by atoms with Gasteiger partial charge in [-0.1, -0.05) is 42.5 Å². The normalized spacial score (nSPS) is 13.0. The number of aromatic hydroxyl groups is 1. The predicted octanol–water partition coefficient (Wildman–Crippen LogP) is 3.18. The number of carbonyl (C=O) groups is 2. The maximum Gasteiger partial charge on any atom is 0.261 e. The number of hydrogen-bond donors (Lipinski definition) is 1. The second kappa shape index (κ2) is 8.35. The highest BCUT2D eigenvalue weighted by molar-refractivity contribution is 6.21. The van der Waals surface area contributed by atoms with Gasteiger partial charge in [0.2, 0.25) is 0 Å². The summed E-state index contributed by atoms with van der Waals surface area (Å²) in [5.41, 5.74) is 1.90. The molecule has 2 amide bonds. The van der Waals surface area contributed by atoms with Gasteiger partial charge >= 0.3 is 0 Å². The molecule has 0 atom stereocenters. The second-order valence-corrected chi connectivity index (χ2v) is 7.94. The summed E-state index contributed by atoms with van der Waals surface area (Å²) in [7, 11) is 0. The van der Waals surface area contributed by atoms with Gasteiger partial charge in [0.05, 0.1) is 22.0 Å². The summed E-state index contributed by atoms with van der Waals surface area (Å²) in [6, 6.07) is 20.9. The summed E-state index contributed by atoms with van der Waals surface area (Å²) >= 11 is 0. The van der Waals surface area contributed by atoms with E-state index in [1.165, 1.54) is 4.90 Å². The van der Waals surface area contributed by atoms with E-state index in [1.54, 1.807) is 59.2 Å². The van der Waals surface area contributed by atoms with Crippen LogP contribution in [-0.2, 0) is 19.4 Å². The van der Waals surface area contributed by atoms with E-state index in [-0.39, 0.29) is 36.1 Å². The van der Waals surface area contributed by atoms with Crippen LogP contribution in [-0.4, -0.2) is 37.9 Å². The largest absolute Gasteiger partial charge is 0.508 e. The smallest absolute Gasteiger partial charge is 0.261 e. The topological polar surface area (TPSA) is 92.5 Å². The summed E-state index contributed by atoms with van der Waals surface area (Å²) in [6.07, 6.45) is 0.679. The van der Waals surface area contributed by atoms with Gasteiger partial charge in [-0.25, -0.2) is 4.98 Å². The van der Waals surface area contributed by atoms with Crippen LogP contribution in [0, 0.1) is 0 Å². The lowest BCUT2D eigenvalue weighted by Gasteiger charge is -2.17. The number of amides is 2. The number of phenolic OH excluding ortho intramolecular Hbond substituents is 1. The van der Waals surface area contributed by atoms with Crippen molar-refractivity contribution in [1.29, 1.82) is 0 Å². The van der Waals surface area contributed by atoms with E-state index in [0.29, 0.717) is 40.8 Å². The monoisotopic (exact) mass is 439 g/mol. The average molecular weight is 439 g/mol. The molecule has 2 heterocycles. The molecule has 0 bridgehead atoms. The third-order valence-corrected chi connectivity index (χ3v) is 5.97. The van der Waals surface area contributed by atoms with Gasteiger partial charge in [-0.2, -0.15) is 0 Å². The molecule has 3 aromatic carbocycles. The van der Waals surface area contributed by atoms with E-state index < -0.39 is 0 Å². The van der Waals surface area contributed by atoms with Crippen LogP contribution >= 0.6 is 0 Å². The first kappa shape index (κ1) is 20.6. The standard InChI is InChI=1S/C26H21N3O4/c30-22-12-6-1-7-17(22)13-15-28-23(27-21-11-5-4-10-20(21)26(28)33)14-16-29-24(31)18-8-2-3-9-19(18)25(29)32/h1-12,30H,13-16H2. The number of aryl methyl sites for hydroxylation is 1. The molecule has 1 aromatic heterocycles. The van der Waals surface area contributed by atoms with Crippen LogP contribution in [0.3, 0.4) is 0 Å². The molecule has 1 aliphatic heterocycles. The molecule has 7 heteroatoms. The third kappa shape index (κ3) is 3.67. The van der Waals surface area contributed by atoms with E-state index in [4.69, 9.17) is 0 Å². The van der Waals surface area contributed by atoms with Gasteiger partial charge in [0.15, 0.2) is 0 Å². The third-order valence-electron chi connectivity index (χ3n) is 5.97. The molecule has 164 valence electrons. The Labute approximate surface area is 189 Å². The molecule has 1 aliphatic rings. The lowest BCUT2D eigenvalue weighted by molar-refractivity contribution is 0.0655. The van der Waals surface area contributed by atoms with Gasteiger partial charge in [-0.05, 0) is 42.3 Å². The minimum absolute atomic E-state index is 0.119. The molecule has 0 aliphatic carbocycles. The maximum atomic E-state index is 13.3. The van der Waals surface area contributed by atoms with E-state index >= 15 is 0 Å². The van der Waals surface area contributed by atoms with Crippen LogP contribution < -0.4 is 5.56 Å².